The lowest BCUT2D eigenvalue weighted by Gasteiger charge is -2.43. The number of hydrogen-bond acceptors (Lipinski definition) is 8. The van der Waals surface area contributed by atoms with Gasteiger partial charge in [0, 0.05) is 118 Å². The first-order valence-electron chi connectivity index (χ1n) is 41.7. The van der Waals surface area contributed by atoms with E-state index in [-0.39, 0.29) is 0 Å². The first kappa shape index (κ1) is 76.6. The zero-order chi connectivity index (χ0) is 72.9. The maximum atomic E-state index is 2.76. The quantitative estimate of drug-likeness (QED) is 0.154. The summed E-state index contributed by atoms with van der Waals surface area (Å²) >= 11 is 8.72. The van der Waals surface area contributed by atoms with Crippen LogP contribution in [0.25, 0.3) is 0 Å². The molecule has 8 aliphatic heterocycles. The molecule has 4 nitrogen and oxygen atoms in total. The third kappa shape index (κ3) is 13.1. The molecular weight excluding hydrogens is 1310 g/mol. The average molecular weight is 1450 g/mol. The second kappa shape index (κ2) is 31.2. The number of rotatable bonds is 10. The van der Waals surface area contributed by atoms with Crippen LogP contribution in [-0.2, 0) is 25.7 Å². The van der Waals surface area contributed by atoms with E-state index >= 15 is 0 Å². The van der Waals surface area contributed by atoms with Crippen molar-refractivity contribution in [3.8, 4) is 0 Å². The summed E-state index contributed by atoms with van der Waals surface area (Å²) in [6, 6.07) is 30.8. The first-order chi connectivity index (χ1) is 48.8. The van der Waals surface area contributed by atoms with Gasteiger partial charge in [-0.3, -0.25) is 0 Å². The van der Waals surface area contributed by atoms with Gasteiger partial charge in [0.2, 0.25) is 0 Å². The van der Waals surface area contributed by atoms with Gasteiger partial charge in [-0.05, 0) is 289 Å². The highest BCUT2D eigenvalue weighted by Crippen LogP contribution is 2.66. The molecule has 0 saturated heterocycles. The van der Waals surface area contributed by atoms with E-state index in [0.29, 0.717) is 41.7 Å². The van der Waals surface area contributed by atoms with E-state index in [1.807, 2.05) is 0 Å². The molecule has 102 heavy (non-hydrogen) atoms. The molecule has 556 valence electrons. The van der Waals surface area contributed by atoms with Gasteiger partial charge in [0.05, 0.1) is 0 Å². The Kier molecular flexibility index (Phi) is 23.4. The van der Waals surface area contributed by atoms with E-state index in [2.05, 4.69) is 306 Å². The molecule has 4 aromatic rings. The highest BCUT2D eigenvalue weighted by Gasteiger charge is 2.56. The van der Waals surface area contributed by atoms with Crippen molar-refractivity contribution in [1.29, 1.82) is 0 Å². The van der Waals surface area contributed by atoms with Gasteiger partial charge in [0.1, 0.15) is 0 Å². The lowest BCUT2D eigenvalue weighted by atomic mass is 9.81. The molecule has 0 aromatic heterocycles. The predicted octanol–water partition coefficient (Wildman–Crippen LogP) is 25.6. The van der Waals surface area contributed by atoms with Crippen molar-refractivity contribution < 1.29 is 0 Å². The van der Waals surface area contributed by atoms with E-state index in [9.17, 15) is 0 Å². The van der Waals surface area contributed by atoms with Crippen LogP contribution in [-0.4, -0.2) is 71.8 Å². The van der Waals surface area contributed by atoms with E-state index in [1.165, 1.54) is 64.3 Å². The number of benzene rings is 4. The molecule has 12 aliphatic rings. The molecule has 23 unspecified atom stereocenters. The third-order valence-electron chi connectivity index (χ3n) is 30.6. The molecule has 0 radical (unpaired) electrons. The summed E-state index contributed by atoms with van der Waals surface area (Å²) in [7, 11) is 0. The number of aryl methyl sites for hydroxylation is 4. The Morgan fingerprint density at radius 2 is 0.667 bits per heavy atom. The van der Waals surface area contributed by atoms with Gasteiger partial charge in [0.25, 0.3) is 0 Å². The SMILES string of the molecule is CCC1CCc2cccc(C3C(C)C(C)C4C(C)=C(C)SC43)c2N1CC.CCN1CCCc2cccc(C3C(C)C(C)C4C(C)=C(C)SC43)c21.CCN1c2c(cccc2C2C(C)C(C)C3C(C)=C(C)SC32)CCC1C.CCN1c2c(cccc2C2C(C)C(C)C3C(C)=C(C)SC32)CCC1C(C)C. The summed E-state index contributed by atoms with van der Waals surface area (Å²) in [4.78, 5) is 17.2. The lowest BCUT2D eigenvalue weighted by Crippen LogP contribution is -2.43. The molecule has 4 aromatic carbocycles. The second-order valence-corrected chi connectivity index (χ2v) is 40.7. The Hall–Kier alpha value is -3.56. The molecule has 4 aliphatic carbocycles. The van der Waals surface area contributed by atoms with Crippen molar-refractivity contribution in [2.45, 2.75) is 287 Å². The highest BCUT2D eigenvalue weighted by molar-refractivity contribution is 8.04. The summed E-state index contributed by atoms with van der Waals surface area (Å²) in [5.74, 6) is 12.7. The second-order valence-electron chi connectivity index (χ2n) is 35.2. The van der Waals surface area contributed by atoms with Crippen LogP contribution < -0.4 is 19.6 Å². The van der Waals surface area contributed by atoms with Crippen molar-refractivity contribution in [3.63, 3.8) is 0 Å². The molecule has 0 amide bonds. The van der Waals surface area contributed by atoms with Crippen molar-refractivity contribution in [2.75, 3.05) is 52.3 Å². The van der Waals surface area contributed by atoms with Gasteiger partial charge in [-0.15, -0.1) is 47.0 Å². The number of allylic oxidation sites excluding steroid dienone is 8. The van der Waals surface area contributed by atoms with Crippen LogP contribution in [0.4, 0.5) is 22.7 Å². The Labute approximate surface area is 640 Å². The molecule has 4 saturated carbocycles. The summed E-state index contributed by atoms with van der Waals surface area (Å²) in [6.45, 7) is 63.7. The number of thioether (sulfide) groups is 4. The molecule has 0 spiro atoms. The molecular formula is C94H136N4S4. The van der Waals surface area contributed by atoms with Gasteiger partial charge in [-0.1, -0.05) is 171 Å². The Morgan fingerprint density at radius 3 is 1.01 bits per heavy atom. The Balaban J connectivity index is 0.000000121. The number of para-hydroxylation sites is 4. The molecule has 4 fully saturated rings. The van der Waals surface area contributed by atoms with E-state index in [1.54, 1.807) is 109 Å². The highest BCUT2D eigenvalue weighted by atomic mass is 32.2. The fourth-order valence-electron chi connectivity index (χ4n) is 24.1. The van der Waals surface area contributed by atoms with Crippen molar-refractivity contribution in [2.24, 2.45) is 76.9 Å². The van der Waals surface area contributed by atoms with Crippen LogP contribution >= 0.6 is 47.0 Å². The van der Waals surface area contributed by atoms with Crippen LogP contribution in [0, 0.1) is 76.9 Å². The van der Waals surface area contributed by atoms with Crippen LogP contribution in [0.3, 0.4) is 0 Å². The topological polar surface area (TPSA) is 13.0 Å². The van der Waals surface area contributed by atoms with Crippen LogP contribution in [0.2, 0.25) is 0 Å². The number of hydrogen-bond donors (Lipinski definition) is 0. The fourth-order valence-corrected chi connectivity index (χ4v) is 31.6. The van der Waals surface area contributed by atoms with Crippen molar-refractivity contribution in [1.82, 2.24) is 0 Å². The molecule has 0 N–H and O–H groups in total. The van der Waals surface area contributed by atoms with Crippen molar-refractivity contribution >= 4 is 69.8 Å². The normalized spacial score (nSPS) is 36.3. The average Bonchev–Trinajstić information content (AvgIpc) is 1.57. The summed E-state index contributed by atoms with van der Waals surface area (Å²) in [6.07, 6.45) is 11.5. The minimum Gasteiger partial charge on any atom is -0.371 e. The Morgan fingerprint density at radius 1 is 0.353 bits per heavy atom. The molecule has 23 atom stereocenters. The maximum Gasteiger partial charge on any atom is 0.0437 e. The van der Waals surface area contributed by atoms with Crippen LogP contribution in [0.15, 0.2) is 115 Å². The van der Waals surface area contributed by atoms with Gasteiger partial charge >= 0.3 is 0 Å². The van der Waals surface area contributed by atoms with E-state index < -0.39 is 0 Å². The minimum absolute atomic E-state index is 0.668. The predicted molar refractivity (Wildman–Crippen MR) is 455 cm³/mol. The summed E-state index contributed by atoms with van der Waals surface area (Å²) < 4.78 is 0. The number of nitrogens with zero attached hydrogens (tertiary/aromatic N) is 4. The summed E-state index contributed by atoms with van der Waals surface area (Å²) in [5, 5.41) is 2.97. The van der Waals surface area contributed by atoms with E-state index in [4.69, 9.17) is 0 Å². The maximum absolute atomic E-state index is 2.76. The Bertz CT molecular complexity index is 3830. The first-order valence-corrected chi connectivity index (χ1v) is 45.2. The van der Waals surface area contributed by atoms with Gasteiger partial charge in [-0.2, -0.15) is 0 Å². The lowest BCUT2D eigenvalue weighted by molar-refractivity contribution is 0.379. The van der Waals surface area contributed by atoms with Crippen molar-refractivity contribution in [3.05, 3.63) is 159 Å². The third-order valence-corrected chi connectivity index (χ3v) is 36.7. The van der Waals surface area contributed by atoms with Gasteiger partial charge < -0.3 is 19.6 Å². The monoisotopic (exact) mass is 1450 g/mol. The standard InChI is InChI=1S/C25H37NS.C24H35NS.C23H33NS.C22H31NS/c1-8-26-21(14(2)3)13-12-19-10-9-11-20(24(19)26)23-16(5)15(4)22-17(6)18(7)27-25(22)23;1-7-19-13-12-18-10-9-11-20(23(18)25(19)8-2)22-15(4)14(3)21-16(5)17(6)26-24(21)22;1-7-24-13(2)11-12-18-9-8-10-19(22(18)24)21-15(4)14(3)20-16(5)17(6)25-23(20)21;1-6-23-12-8-10-17-9-7-11-18(21(17)23)20-14(3)13(2)19-15(4)16(5)24-22(19)20/h9-11,14-16,21-23,25H,8,12-13H2,1-7H3;9-11,14-15,19,21-22,24H,7-8,12-13H2,1-6H3;8-10,13-15,20-21,23H,7,11-12H2,1-6H3;7,9,11,13-14,19-20,22H,6,8,10,12H2,1-5H3. The fraction of sp³-hybridized carbons (Fsp3) is 0.660. The zero-order valence-corrected chi connectivity index (χ0v) is 71.4. The van der Waals surface area contributed by atoms with Crippen LogP contribution in [0.1, 0.15) is 266 Å². The zero-order valence-electron chi connectivity index (χ0n) is 68.1. The van der Waals surface area contributed by atoms with Gasteiger partial charge in [-0.25, -0.2) is 0 Å². The van der Waals surface area contributed by atoms with Gasteiger partial charge in [0.15, 0.2) is 0 Å². The largest absolute Gasteiger partial charge is 0.371 e. The van der Waals surface area contributed by atoms with Crippen LogP contribution in [0.5, 0.6) is 0 Å². The van der Waals surface area contributed by atoms with E-state index in [0.717, 1.165) is 124 Å². The number of anilines is 4. The summed E-state index contributed by atoms with van der Waals surface area (Å²) in [5.41, 5.74) is 26.1. The molecule has 0 bridgehead atoms. The minimum atomic E-state index is 0.668. The molecule has 8 heteroatoms. The molecule has 8 heterocycles. The smallest absolute Gasteiger partial charge is 0.0437 e. The molecule has 16 rings (SSSR count). The number of fused-ring (bicyclic) bond motifs is 8.